The zero-order chi connectivity index (χ0) is 20.4. The third-order valence-corrected chi connectivity index (χ3v) is 5.91. The minimum absolute atomic E-state index is 0.108. The van der Waals surface area contributed by atoms with Crippen molar-refractivity contribution >= 4 is 50.6 Å². The summed E-state index contributed by atoms with van der Waals surface area (Å²) in [6, 6.07) is 11.7. The van der Waals surface area contributed by atoms with Gasteiger partial charge in [0.05, 0.1) is 10.4 Å². The van der Waals surface area contributed by atoms with Crippen LogP contribution in [0.15, 0.2) is 60.2 Å². The van der Waals surface area contributed by atoms with Crippen molar-refractivity contribution in [2.45, 2.75) is 0 Å². The molecule has 0 atom stereocenters. The standard InChI is InChI=1S/C21H13NO5S2/c23-13-4-7-15-16(9-13)29-21(19(26)17-10-22-11-28-17)20(15)27-14-5-1-12(2-6-14)3-8-18(24)25/h1-11,23H,(H,24,25)/b8-3+. The normalized spacial score (nSPS) is 11.2. The number of ketones is 1. The molecule has 0 spiro atoms. The second-order valence-corrected chi connectivity index (χ2v) is 7.92. The van der Waals surface area contributed by atoms with E-state index in [0.717, 1.165) is 16.2 Å². The van der Waals surface area contributed by atoms with E-state index in [1.54, 1.807) is 48.0 Å². The van der Waals surface area contributed by atoms with Gasteiger partial charge in [-0.2, -0.15) is 0 Å². The average molecular weight is 423 g/mol. The Morgan fingerprint density at radius 2 is 1.90 bits per heavy atom. The van der Waals surface area contributed by atoms with Crippen LogP contribution in [0.1, 0.15) is 20.1 Å². The van der Waals surface area contributed by atoms with Gasteiger partial charge in [-0.1, -0.05) is 12.1 Å². The zero-order valence-electron chi connectivity index (χ0n) is 14.7. The van der Waals surface area contributed by atoms with Gasteiger partial charge in [-0.05, 0) is 42.0 Å². The number of phenolic OH excluding ortho intramolecular Hbond substituents is 1. The Labute approximate surface area is 173 Å². The SMILES string of the molecule is O=C(O)/C=C/c1ccc(Oc2c(C(=O)c3cncs3)sc3cc(O)ccc23)cc1. The summed E-state index contributed by atoms with van der Waals surface area (Å²) in [5.74, 6) is -0.189. The fraction of sp³-hybridized carbons (Fsp3) is 0. The number of nitrogens with zero attached hydrogens (tertiary/aromatic N) is 1. The highest BCUT2D eigenvalue weighted by atomic mass is 32.1. The molecule has 0 unspecified atom stereocenters. The molecule has 0 amide bonds. The molecule has 4 rings (SSSR count). The lowest BCUT2D eigenvalue weighted by Crippen LogP contribution is -1.98. The second-order valence-electron chi connectivity index (χ2n) is 5.98. The van der Waals surface area contributed by atoms with E-state index in [0.29, 0.717) is 26.8 Å². The van der Waals surface area contributed by atoms with Crippen LogP contribution in [0.25, 0.3) is 16.2 Å². The highest BCUT2D eigenvalue weighted by Crippen LogP contribution is 2.42. The summed E-state index contributed by atoms with van der Waals surface area (Å²) in [7, 11) is 0. The van der Waals surface area contributed by atoms with Gasteiger partial charge in [0.25, 0.3) is 0 Å². The summed E-state index contributed by atoms with van der Waals surface area (Å²) >= 11 is 2.50. The Morgan fingerprint density at radius 3 is 2.59 bits per heavy atom. The maximum atomic E-state index is 12.9. The van der Waals surface area contributed by atoms with Crippen LogP contribution in [0, 0.1) is 0 Å². The number of carboxylic acids is 1. The molecule has 0 aliphatic carbocycles. The molecule has 0 fully saturated rings. The molecule has 2 aromatic heterocycles. The van der Waals surface area contributed by atoms with E-state index in [4.69, 9.17) is 9.84 Å². The number of aliphatic carboxylic acids is 1. The molecule has 0 aliphatic rings. The quantitative estimate of drug-likeness (QED) is 0.327. The fourth-order valence-corrected chi connectivity index (χ4v) is 4.43. The number of aromatic nitrogens is 1. The van der Waals surface area contributed by atoms with Crippen LogP contribution < -0.4 is 4.74 Å². The van der Waals surface area contributed by atoms with Crippen LogP contribution in [-0.2, 0) is 4.79 Å². The van der Waals surface area contributed by atoms with E-state index >= 15 is 0 Å². The van der Waals surface area contributed by atoms with Gasteiger partial charge in [0.1, 0.15) is 16.4 Å². The predicted octanol–water partition coefficient (Wildman–Crippen LogP) is 5.18. The molecular weight excluding hydrogens is 410 g/mol. The largest absolute Gasteiger partial charge is 0.508 e. The third-order valence-electron chi connectivity index (χ3n) is 4.01. The Kier molecular flexibility index (Phi) is 5.11. The molecular formula is C21H13NO5S2. The number of hydrogen-bond acceptors (Lipinski definition) is 7. The van der Waals surface area contributed by atoms with E-state index in [-0.39, 0.29) is 11.5 Å². The van der Waals surface area contributed by atoms with Gasteiger partial charge in [0.2, 0.25) is 5.78 Å². The van der Waals surface area contributed by atoms with Gasteiger partial charge in [0.15, 0.2) is 5.75 Å². The van der Waals surface area contributed by atoms with E-state index in [2.05, 4.69) is 4.98 Å². The summed E-state index contributed by atoms with van der Waals surface area (Å²) in [4.78, 5) is 28.5. The molecule has 8 heteroatoms. The molecule has 6 nitrogen and oxygen atoms in total. The van der Waals surface area contributed by atoms with E-state index in [1.165, 1.54) is 34.9 Å². The molecule has 0 radical (unpaired) electrons. The molecule has 29 heavy (non-hydrogen) atoms. The number of hydrogen-bond donors (Lipinski definition) is 2. The van der Waals surface area contributed by atoms with E-state index < -0.39 is 5.97 Å². The minimum atomic E-state index is -1.02. The molecule has 0 saturated heterocycles. The third kappa shape index (κ3) is 4.03. The summed E-state index contributed by atoms with van der Waals surface area (Å²) in [5, 5.41) is 19.2. The summed E-state index contributed by atoms with van der Waals surface area (Å²) in [6.07, 6.45) is 4.05. The molecule has 0 saturated carbocycles. The van der Waals surface area contributed by atoms with Crippen molar-refractivity contribution in [2.24, 2.45) is 0 Å². The number of ether oxygens (including phenoxy) is 1. The first kappa shape index (κ1) is 18.9. The van der Waals surface area contributed by atoms with Gasteiger partial charge in [-0.25, -0.2) is 4.79 Å². The number of fused-ring (bicyclic) bond motifs is 1. The number of thiophene rings is 1. The Hall–Kier alpha value is -3.49. The summed E-state index contributed by atoms with van der Waals surface area (Å²) in [6.45, 7) is 0. The lowest BCUT2D eigenvalue weighted by atomic mass is 10.2. The van der Waals surface area contributed by atoms with Gasteiger partial charge >= 0.3 is 5.97 Å². The van der Waals surface area contributed by atoms with Crippen LogP contribution in [0.4, 0.5) is 0 Å². The number of phenols is 1. The predicted molar refractivity (Wildman–Crippen MR) is 112 cm³/mol. The first-order valence-electron chi connectivity index (χ1n) is 8.39. The van der Waals surface area contributed by atoms with Crippen molar-refractivity contribution in [2.75, 3.05) is 0 Å². The lowest BCUT2D eigenvalue weighted by molar-refractivity contribution is -0.131. The molecule has 0 bridgehead atoms. The maximum absolute atomic E-state index is 12.9. The minimum Gasteiger partial charge on any atom is -0.508 e. The van der Waals surface area contributed by atoms with Crippen LogP contribution in [0.5, 0.6) is 17.2 Å². The smallest absolute Gasteiger partial charge is 0.328 e. The van der Waals surface area contributed by atoms with Crippen LogP contribution >= 0.6 is 22.7 Å². The maximum Gasteiger partial charge on any atom is 0.328 e. The van der Waals surface area contributed by atoms with Crippen LogP contribution in [-0.4, -0.2) is 26.9 Å². The van der Waals surface area contributed by atoms with Crippen molar-refractivity contribution in [3.8, 4) is 17.2 Å². The van der Waals surface area contributed by atoms with Crippen molar-refractivity contribution in [1.82, 2.24) is 4.98 Å². The number of carboxylic acid groups (broad SMARTS) is 1. The van der Waals surface area contributed by atoms with Crippen molar-refractivity contribution in [3.63, 3.8) is 0 Å². The van der Waals surface area contributed by atoms with E-state index in [9.17, 15) is 14.7 Å². The molecule has 4 aromatic rings. The van der Waals surface area contributed by atoms with Gasteiger partial charge < -0.3 is 14.9 Å². The molecule has 2 heterocycles. The van der Waals surface area contributed by atoms with Crippen molar-refractivity contribution in [3.05, 3.63) is 75.6 Å². The number of carbonyl (C=O) groups is 2. The first-order chi connectivity index (χ1) is 14.0. The van der Waals surface area contributed by atoms with Gasteiger partial charge in [0, 0.05) is 22.4 Å². The second kappa shape index (κ2) is 7.86. The van der Waals surface area contributed by atoms with E-state index in [1.807, 2.05) is 0 Å². The fourth-order valence-electron chi connectivity index (χ4n) is 2.68. The average Bonchev–Trinajstić information content (AvgIpc) is 3.35. The Balaban J connectivity index is 1.73. The molecule has 2 aromatic carbocycles. The number of carbonyl (C=O) groups excluding carboxylic acids is 1. The summed E-state index contributed by atoms with van der Waals surface area (Å²) in [5.41, 5.74) is 2.30. The van der Waals surface area contributed by atoms with Gasteiger partial charge in [-0.15, -0.1) is 22.7 Å². The number of benzene rings is 2. The number of thiazole rings is 1. The first-order valence-corrected chi connectivity index (χ1v) is 10.1. The highest BCUT2D eigenvalue weighted by molar-refractivity contribution is 7.22. The molecule has 2 N–H and O–H groups in total. The molecule has 0 aliphatic heterocycles. The highest BCUT2D eigenvalue weighted by Gasteiger charge is 2.23. The zero-order valence-corrected chi connectivity index (χ0v) is 16.4. The van der Waals surface area contributed by atoms with Crippen LogP contribution in [0.2, 0.25) is 0 Å². The van der Waals surface area contributed by atoms with Crippen LogP contribution in [0.3, 0.4) is 0 Å². The topological polar surface area (TPSA) is 96.7 Å². The van der Waals surface area contributed by atoms with Gasteiger partial charge in [-0.3, -0.25) is 9.78 Å². The molecule has 144 valence electrons. The Morgan fingerprint density at radius 1 is 1.10 bits per heavy atom. The van der Waals surface area contributed by atoms with Crippen molar-refractivity contribution < 1.29 is 24.5 Å². The number of aromatic hydroxyl groups is 1. The monoisotopic (exact) mass is 423 g/mol. The number of rotatable bonds is 6. The summed E-state index contributed by atoms with van der Waals surface area (Å²) < 4.78 is 6.78. The lowest BCUT2D eigenvalue weighted by Gasteiger charge is -2.07. The van der Waals surface area contributed by atoms with Crippen molar-refractivity contribution in [1.29, 1.82) is 0 Å². The Bertz CT molecular complexity index is 1220.